The van der Waals surface area contributed by atoms with Gasteiger partial charge in [-0.15, -0.1) is 0 Å². The van der Waals surface area contributed by atoms with E-state index in [1.165, 1.54) is 0 Å². The summed E-state index contributed by atoms with van der Waals surface area (Å²) in [5.74, 6) is 0.988. The Bertz CT molecular complexity index is 495. The van der Waals surface area contributed by atoms with E-state index in [2.05, 4.69) is 17.2 Å². The van der Waals surface area contributed by atoms with Crippen molar-refractivity contribution in [3.05, 3.63) is 17.8 Å². The lowest BCUT2D eigenvalue weighted by atomic mass is 10.1. The largest absolute Gasteiger partial charge is 0.448 e. The van der Waals surface area contributed by atoms with Crippen LogP contribution in [0.25, 0.3) is 0 Å². The Balaban J connectivity index is 2.05. The van der Waals surface area contributed by atoms with Gasteiger partial charge in [0.15, 0.2) is 15.7 Å². The van der Waals surface area contributed by atoms with Crippen LogP contribution < -0.4 is 5.32 Å². The smallest absolute Gasteiger partial charge is 0.198 e. The van der Waals surface area contributed by atoms with Gasteiger partial charge in [-0.3, -0.25) is 0 Å². The van der Waals surface area contributed by atoms with Crippen molar-refractivity contribution in [1.29, 1.82) is 0 Å². The number of aromatic nitrogens is 1. The number of nitrogens with one attached hydrogen (secondary N) is 1. The molecule has 1 saturated heterocycles. The molecule has 0 spiro atoms. The second kappa shape index (κ2) is 5.40. The summed E-state index contributed by atoms with van der Waals surface area (Å²) in [6.07, 6.45) is 3.99. The fraction of sp³-hybridized carbons (Fsp3) is 0.750. The van der Waals surface area contributed by atoms with Gasteiger partial charge in [0.2, 0.25) is 0 Å². The Morgan fingerprint density at radius 2 is 2.39 bits per heavy atom. The highest BCUT2D eigenvalue weighted by Crippen LogP contribution is 2.27. The third-order valence-electron chi connectivity index (χ3n) is 3.39. The summed E-state index contributed by atoms with van der Waals surface area (Å²) in [4.78, 5) is 4.42. The van der Waals surface area contributed by atoms with E-state index in [1.54, 1.807) is 6.26 Å². The molecule has 0 bridgehead atoms. The molecule has 18 heavy (non-hydrogen) atoms. The number of hydrogen-bond donors (Lipinski definition) is 1. The minimum Gasteiger partial charge on any atom is -0.448 e. The molecule has 1 aliphatic rings. The van der Waals surface area contributed by atoms with E-state index in [1.807, 2.05) is 7.05 Å². The van der Waals surface area contributed by atoms with E-state index in [-0.39, 0.29) is 11.7 Å². The van der Waals surface area contributed by atoms with Gasteiger partial charge in [-0.1, -0.05) is 0 Å². The summed E-state index contributed by atoms with van der Waals surface area (Å²) in [6.45, 7) is 2.07. The summed E-state index contributed by atoms with van der Waals surface area (Å²) in [5.41, 5.74) is 0.884. The highest BCUT2D eigenvalue weighted by molar-refractivity contribution is 7.91. The quantitative estimate of drug-likeness (QED) is 0.889. The van der Waals surface area contributed by atoms with E-state index < -0.39 is 9.84 Å². The predicted octanol–water partition coefficient (Wildman–Crippen LogP) is 1.12. The second-order valence-electron chi connectivity index (χ2n) is 5.02. The lowest BCUT2D eigenvalue weighted by molar-refractivity contribution is 0.434. The van der Waals surface area contributed by atoms with E-state index in [0.717, 1.165) is 18.5 Å². The molecule has 102 valence electrons. The zero-order chi connectivity index (χ0) is 13.2. The van der Waals surface area contributed by atoms with Crippen LogP contribution in [-0.2, 0) is 16.3 Å². The molecule has 5 nitrogen and oxygen atoms in total. The number of hydrogen-bond acceptors (Lipinski definition) is 5. The number of sulfone groups is 1. The molecule has 0 aliphatic carbocycles. The molecule has 0 amide bonds. The van der Waals surface area contributed by atoms with Crippen molar-refractivity contribution in [3.8, 4) is 0 Å². The molecule has 0 radical (unpaired) electrons. The first-order chi connectivity index (χ1) is 8.50. The molecule has 1 aromatic rings. The summed E-state index contributed by atoms with van der Waals surface area (Å²) in [7, 11) is -1.01. The zero-order valence-corrected chi connectivity index (χ0v) is 11.7. The predicted molar refractivity (Wildman–Crippen MR) is 69.4 cm³/mol. The van der Waals surface area contributed by atoms with Crippen molar-refractivity contribution in [1.82, 2.24) is 10.3 Å². The molecule has 2 atom stereocenters. The van der Waals surface area contributed by atoms with Crippen LogP contribution in [0.2, 0.25) is 0 Å². The Hall–Kier alpha value is -0.880. The first-order valence-corrected chi connectivity index (χ1v) is 8.14. The molecule has 6 heteroatoms. The van der Waals surface area contributed by atoms with Gasteiger partial charge in [-0.2, -0.15) is 0 Å². The summed E-state index contributed by atoms with van der Waals surface area (Å²) >= 11 is 0. The zero-order valence-electron chi connectivity index (χ0n) is 10.8. The van der Waals surface area contributed by atoms with Gasteiger partial charge in [-0.25, -0.2) is 13.4 Å². The number of oxazole rings is 1. The van der Waals surface area contributed by atoms with Crippen molar-refractivity contribution in [2.24, 2.45) is 0 Å². The maximum atomic E-state index is 11.6. The van der Waals surface area contributed by atoms with Gasteiger partial charge >= 0.3 is 0 Å². The van der Waals surface area contributed by atoms with Crippen LogP contribution >= 0.6 is 0 Å². The second-order valence-corrected chi connectivity index (χ2v) is 7.25. The first kappa shape index (κ1) is 13.5. The summed E-state index contributed by atoms with van der Waals surface area (Å²) in [6, 6.07) is 0.332. The average Bonchev–Trinajstić information content (AvgIpc) is 2.76. The Kier molecular flexibility index (Phi) is 4.07. The van der Waals surface area contributed by atoms with Crippen LogP contribution in [-0.4, -0.2) is 38.0 Å². The van der Waals surface area contributed by atoms with Gasteiger partial charge < -0.3 is 9.73 Å². The van der Waals surface area contributed by atoms with Gasteiger partial charge in [0.1, 0.15) is 6.26 Å². The van der Waals surface area contributed by atoms with Crippen LogP contribution in [0.5, 0.6) is 0 Å². The number of nitrogens with zero attached hydrogens (tertiary/aromatic N) is 1. The minimum absolute atomic E-state index is 0.0672. The van der Waals surface area contributed by atoms with E-state index >= 15 is 0 Å². The molecular weight excluding hydrogens is 252 g/mol. The topological polar surface area (TPSA) is 72.2 Å². The lowest BCUT2D eigenvalue weighted by Crippen LogP contribution is -2.24. The molecule has 2 unspecified atom stereocenters. The Morgan fingerprint density at radius 1 is 1.61 bits per heavy atom. The van der Waals surface area contributed by atoms with E-state index in [4.69, 9.17) is 4.42 Å². The third kappa shape index (κ3) is 3.32. The molecule has 1 fully saturated rings. The normalized spacial score (nSPS) is 24.9. The van der Waals surface area contributed by atoms with Crippen LogP contribution in [0, 0.1) is 0 Å². The number of rotatable bonds is 4. The maximum absolute atomic E-state index is 11.6. The molecule has 0 aromatic carbocycles. The fourth-order valence-electron chi connectivity index (χ4n) is 2.24. The number of likely N-dealkylation sites (N-methyl/N-ethyl adjacent to an activating group) is 1. The van der Waals surface area contributed by atoms with Gasteiger partial charge in [0.25, 0.3) is 0 Å². The van der Waals surface area contributed by atoms with Crippen molar-refractivity contribution >= 4 is 9.84 Å². The minimum atomic E-state index is -2.91. The summed E-state index contributed by atoms with van der Waals surface area (Å²) in [5, 5.41) is 3.14. The monoisotopic (exact) mass is 272 g/mol. The SMILES string of the molecule is CNC(C)Cc1coc(C2CCCS(=O)(=O)C2)n1. The van der Waals surface area contributed by atoms with E-state index in [0.29, 0.717) is 24.1 Å². The lowest BCUT2D eigenvalue weighted by Gasteiger charge is -2.18. The Labute approximate surface area is 108 Å². The molecule has 1 N–H and O–H groups in total. The van der Waals surface area contributed by atoms with Crippen LogP contribution in [0.3, 0.4) is 0 Å². The van der Waals surface area contributed by atoms with Gasteiger partial charge in [0, 0.05) is 18.4 Å². The van der Waals surface area contributed by atoms with Crippen LogP contribution in [0.15, 0.2) is 10.7 Å². The summed E-state index contributed by atoms with van der Waals surface area (Å²) < 4.78 is 28.6. The fourth-order valence-corrected chi connectivity index (χ4v) is 3.93. The molecule has 2 rings (SSSR count). The third-order valence-corrected chi connectivity index (χ3v) is 5.21. The van der Waals surface area contributed by atoms with Crippen molar-refractivity contribution < 1.29 is 12.8 Å². The molecule has 1 aliphatic heterocycles. The molecule has 2 heterocycles. The average molecular weight is 272 g/mol. The van der Waals surface area contributed by atoms with Crippen molar-refractivity contribution in [2.75, 3.05) is 18.6 Å². The van der Waals surface area contributed by atoms with Crippen LogP contribution in [0.1, 0.15) is 37.3 Å². The van der Waals surface area contributed by atoms with Crippen molar-refractivity contribution in [3.63, 3.8) is 0 Å². The van der Waals surface area contributed by atoms with E-state index in [9.17, 15) is 8.42 Å². The maximum Gasteiger partial charge on any atom is 0.198 e. The Morgan fingerprint density at radius 3 is 3.06 bits per heavy atom. The van der Waals surface area contributed by atoms with Gasteiger partial charge in [-0.05, 0) is 26.8 Å². The molecule has 1 aromatic heterocycles. The highest BCUT2D eigenvalue weighted by atomic mass is 32.2. The van der Waals surface area contributed by atoms with Crippen LogP contribution in [0.4, 0.5) is 0 Å². The highest BCUT2D eigenvalue weighted by Gasteiger charge is 2.29. The molecule has 0 saturated carbocycles. The molecular formula is C12H20N2O3S. The first-order valence-electron chi connectivity index (χ1n) is 6.32. The van der Waals surface area contributed by atoms with Crippen molar-refractivity contribution in [2.45, 2.75) is 38.1 Å². The van der Waals surface area contributed by atoms with Gasteiger partial charge in [0.05, 0.1) is 17.2 Å². The standard InChI is InChI=1S/C12H20N2O3S/c1-9(13-2)6-11-7-17-12(14-11)10-4-3-5-18(15,16)8-10/h7,9-10,13H,3-6,8H2,1-2H3.